The molecule has 178 valence electrons. The Morgan fingerprint density at radius 3 is 2.29 bits per heavy atom. The molecule has 34 heavy (non-hydrogen) atoms. The zero-order valence-corrected chi connectivity index (χ0v) is 19.1. The van der Waals surface area contributed by atoms with E-state index in [9.17, 15) is 19.5 Å². The third-order valence-electron chi connectivity index (χ3n) is 7.53. The number of hydrogen-bond donors (Lipinski definition) is 2. The van der Waals surface area contributed by atoms with E-state index in [0.29, 0.717) is 25.8 Å². The van der Waals surface area contributed by atoms with Crippen molar-refractivity contribution < 1.29 is 24.2 Å². The third kappa shape index (κ3) is 4.39. The highest BCUT2D eigenvalue weighted by Crippen LogP contribution is 2.44. The van der Waals surface area contributed by atoms with Crippen molar-refractivity contribution in [1.82, 2.24) is 10.2 Å². The molecule has 2 N–H and O–H groups in total. The molecule has 1 aliphatic heterocycles. The Hall–Kier alpha value is -3.35. The summed E-state index contributed by atoms with van der Waals surface area (Å²) in [7, 11) is 0. The maximum absolute atomic E-state index is 12.9. The largest absolute Gasteiger partial charge is 0.481 e. The molecule has 0 aromatic heterocycles. The van der Waals surface area contributed by atoms with Gasteiger partial charge in [-0.1, -0.05) is 48.5 Å². The molecule has 3 aliphatic rings. The van der Waals surface area contributed by atoms with Crippen molar-refractivity contribution >= 4 is 18.0 Å². The summed E-state index contributed by atoms with van der Waals surface area (Å²) in [6.07, 6.45) is 2.87. The highest BCUT2D eigenvalue weighted by molar-refractivity contribution is 5.81. The van der Waals surface area contributed by atoms with Gasteiger partial charge >= 0.3 is 12.1 Å². The average molecular weight is 463 g/mol. The number of amides is 2. The summed E-state index contributed by atoms with van der Waals surface area (Å²) >= 11 is 0. The number of aliphatic carboxylic acids is 1. The van der Waals surface area contributed by atoms with E-state index in [2.05, 4.69) is 29.6 Å². The molecule has 0 unspecified atom stereocenters. The minimum absolute atomic E-state index is 0.0114. The second kappa shape index (κ2) is 9.49. The fraction of sp³-hybridized carbons (Fsp3) is 0.444. The summed E-state index contributed by atoms with van der Waals surface area (Å²) < 4.78 is 5.64. The monoisotopic (exact) mass is 462 g/mol. The van der Waals surface area contributed by atoms with Crippen LogP contribution in [-0.2, 0) is 14.3 Å². The van der Waals surface area contributed by atoms with Crippen LogP contribution in [0.5, 0.6) is 0 Å². The Kier molecular flexibility index (Phi) is 6.26. The Morgan fingerprint density at radius 1 is 0.941 bits per heavy atom. The van der Waals surface area contributed by atoms with Crippen LogP contribution in [0.25, 0.3) is 11.1 Å². The van der Waals surface area contributed by atoms with Crippen molar-refractivity contribution in [1.29, 1.82) is 0 Å². The van der Waals surface area contributed by atoms with E-state index in [4.69, 9.17) is 4.74 Å². The zero-order chi connectivity index (χ0) is 23.7. The molecule has 0 radical (unpaired) electrons. The van der Waals surface area contributed by atoms with Crippen LogP contribution in [0, 0.1) is 11.8 Å². The van der Waals surface area contributed by atoms with Gasteiger partial charge in [0, 0.05) is 31.0 Å². The van der Waals surface area contributed by atoms with E-state index in [-0.39, 0.29) is 36.9 Å². The number of ether oxygens (including phenoxy) is 1. The minimum atomic E-state index is -0.835. The highest BCUT2D eigenvalue weighted by Gasteiger charge is 2.36. The molecule has 1 heterocycles. The molecule has 0 bridgehead atoms. The third-order valence-corrected chi connectivity index (χ3v) is 7.53. The first-order chi connectivity index (χ1) is 16.5. The SMILES string of the molecule is O=C(N[C@@H]1CC[C@H](C(=O)N2CCC[C@H](C(=O)O)C2)C1)OCC1c2ccccc2-c2ccccc21. The standard InChI is InChI=1S/C27H30N2O5/c30-25(29-13-5-6-18(15-29)26(31)32)17-11-12-19(14-17)28-27(33)34-16-24-22-9-3-1-7-20(22)21-8-2-4-10-23(21)24/h1-4,7-10,17-19,24H,5-6,11-16H2,(H,28,33)(H,31,32)/t17-,18-,19+/m0/s1. The van der Waals surface area contributed by atoms with Gasteiger partial charge in [0.25, 0.3) is 0 Å². The summed E-state index contributed by atoms with van der Waals surface area (Å²) in [5, 5.41) is 12.2. The van der Waals surface area contributed by atoms with Crippen molar-refractivity contribution in [3.8, 4) is 11.1 Å². The number of piperidine rings is 1. The minimum Gasteiger partial charge on any atom is -0.481 e. The van der Waals surface area contributed by atoms with Crippen LogP contribution in [0.1, 0.15) is 49.1 Å². The molecule has 2 aliphatic carbocycles. The smallest absolute Gasteiger partial charge is 0.407 e. The van der Waals surface area contributed by atoms with Crippen molar-refractivity contribution in [2.75, 3.05) is 19.7 Å². The Bertz CT molecular complexity index is 1050. The number of rotatable bonds is 5. The van der Waals surface area contributed by atoms with Crippen molar-refractivity contribution in [2.24, 2.45) is 11.8 Å². The lowest BCUT2D eigenvalue weighted by atomic mass is 9.96. The average Bonchev–Trinajstić information content (AvgIpc) is 3.45. The van der Waals surface area contributed by atoms with Gasteiger partial charge in [-0.05, 0) is 54.4 Å². The quantitative estimate of drug-likeness (QED) is 0.700. The fourth-order valence-corrected chi connectivity index (χ4v) is 5.78. The molecule has 1 saturated heterocycles. The van der Waals surface area contributed by atoms with E-state index in [1.807, 2.05) is 24.3 Å². The van der Waals surface area contributed by atoms with Gasteiger partial charge in [-0.15, -0.1) is 0 Å². The lowest BCUT2D eigenvalue weighted by molar-refractivity contribution is -0.146. The van der Waals surface area contributed by atoms with Crippen LogP contribution in [0.2, 0.25) is 0 Å². The summed E-state index contributed by atoms with van der Waals surface area (Å²) in [4.78, 5) is 38.5. The Balaban J connectivity index is 1.14. The number of nitrogens with one attached hydrogen (secondary N) is 1. The lowest BCUT2D eigenvalue weighted by Gasteiger charge is -2.32. The van der Waals surface area contributed by atoms with Gasteiger partial charge in [-0.2, -0.15) is 0 Å². The highest BCUT2D eigenvalue weighted by atomic mass is 16.5. The van der Waals surface area contributed by atoms with Crippen LogP contribution < -0.4 is 5.32 Å². The van der Waals surface area contributed by atoms with Gasteiger partial charge in [0.15, 0.2) is 0 Å². The number of carbonyl (C=O) groups is 3. The molecule has 2 fully saturated rings. The molecule has 2 aromatic carbocycles. The van der Waals surface area contributed by atoms with Crippen molar-refractivity contribution in [2.45, 2.75) is 44.1 Å². The number of likely N-dealkylation sites (tertiary alicyclic amines) is 1. The van der Waals surface area contributed by atoms with E-state index < -0.39 is 18.0 Å². The lowest BCUT2D eigenvalue weighted by Crippen LogP contribution is -2.45. The molecule has 3 atom stereocenters. The van der Waals surface area contributed by atoms with E-state index >= 15 is 0 Å². The predicted molar refractivity (Wildman–Crippen MR) is 126 cm³/mol. The summed E-state index contributed by atoms with van der Waals surface area (Å²) in [5.41, 5.74) is 4.72. The summed E-state index contributed by atoms with van der Waals surface area (Å²) in [6, 6.07) is 16.3. The first-order valence-electron chi connectivity index (χ1n) is 12.1. The summed E-state index contributed by atoms with van der Waals surface area (Å²) in [5.74, 6) is -1.46. The number of nitrogens with zero attached hydrogens (tertiary/aromatic N) is 1. The molecule has 7 nitrogen and oxygen atoms in total. The molecule has 5 rings (SSSR count). The maximum Gasteiger partial charge on any atom is 0.407 e. The van der Waals surface area contributed by atoms with Crippen LogP contribution in [-0.4, -0.2) is 53.7 Å². The second-order valence-electron chi connectivity index (χ2n) is 9.64. The first-order valence-corrected chi connectivity index (χ1v) is 12.1. The molecular weight excluding hydrogens is 432 g/mol. The fourth-order valence-electron chi connectivity index (χ4n) is 5.78. The molecule has 7 heteroatoms. The van der Waals surface area contributed by atoms with Crippen molar-refractivity contribution in [3.05, 3.63) is 59.7 Å². The van der Waals surface area contributed by atoms with E-state index in [0.717, 1.165) is 12.8 Å². The van der Waals surface area contributed by atoms with Crippen LogP contribution in [0.3, 0.4) is 0 Å². The zero-order valence-electron chi connectivity index (χ0n) is 19.1. The topological polar surface area (TPSA) is 95.9 Å². The number of alkyl carbamates (subject to hydrolysis) is 1. The van der Waals surface area contributed by atoms with Crippen molar-refractivity contribution in [3.63, 3.8) is 0 Å². The van der Waals surface area contributed by atoms with E-state index in [1.54, 1.807) is 4.90 Å². The number of carboxylic acids is 1. The number of benzene rings is 2. The van der Waals surface area contributed by atoms with E-state index in [1.165, 1.54) is 22.3 Å². The first kappa shape index (κ1) is 22.4. The van der Waals surface area contributed by atoms with Gasteiger partial charge in [0.2, 0.25) is 5.91 Å². The van der Waals surface area contributed by atoms with Crippen LogP contribution in [0.4, 0.5) is 4.79 Å². The van der Waals surface area contributed by atoms with Gasteiger partial charge in [-0.3, -0.25) is 9.59 Å². The maximum atomic E-state index is 12.9. The van der Waals surface area contributed by atoms with Gasteiger partial charge in [-0.25, -0.2) is 4.79 Å². The molecule has 2 amide bonds. The number of hydrogen-bond acceptors (Lipinski definition) is 4. The number of fused-ring (bicyclic) bond motifs is 3. The van der Waals surface area contributed by atoms with Gasteiger partial charge in [0.05, 0.1) is 5.92 Å². The van der Waals surface area contributed by atoms with Gasteiger partial charge in [0.1, 0.15) is 6.61 Å². The Labute approximate surface area is 199 Å². The molecule has 0 spiro atoms. The van der Waals surface area contributed by atoms with Crippen LogP contribution >= 0.6 is 0 Å². The molecular formula is C27H30N2O5. The van der Waals surface area contributed by atoms with Crippen LogP contribution in [0.15, 0.2) is 48.5 Å². The number of carbonyl (C=O) groups excluding carboxylic acids is 2. The second-order valence-corrected chi connectivity index (χ2v) is 9.64. The number of carboxylic acid groups (broad SMARTS) is 1. The summed E-state index contributed by atoms with van der Waals surface area (Å²) in [6.45, 7) is 1.16. The molecule has 2 aromatic rings. The molecule has 1 saturated carbocycles. The predicted octanol–water partition coefficient (Wildman–Crippen LogP) is 4.02. The Morgan fingerprint density at radius 2 is 1.62 bits per heavy atom. The normalized spacial score (nSPS) is 23.8. The van der Waals surface area contributed by atoms with Gasteiger partial charge < -0.3 is 20.1 Å².